The molecule has 2 aliphatic heterocycles. The first-order valence-corrected chi connectivity index (χ1v) is 5.98. The highest BCUT2D eigenvalue weighted by atomic mass is 16.5. The fourth-order valence-corrected chi connectivity index (χ4v) is 2.56. The van der Waals surface area contributed by atoms with Crippen molar-refractivity contribution < 1.29 is 9.53 Å². The molecule has 0 bridgehead atoms. The molecular weight excluding hydrogens is 204 g/mol. The minimum absolute atomic E-state index is 0.163. The quantitative estimate of drug-likeness (QED) is 0.712. The van der Waals surface area contributed by atoms with Crippen LogP contribution in [-0.4, -0.2) is 43.2 Å². The number of carbonyl (C=O) groups excluding carboxylic acids is 1. The molecule has 0 aromatic rings. The van der Waals surface area contributed by atoms with Crippen LogP contribution in [0.1, 0.15) is 27.2 Å². The van der Waals surface area contributed by atoms with E-state index in [0.29, 0.717) is 13.2 Å². The Labute approximate surface area is 97.1 Å². The van der Waals surface area contributed by atoms with Gasteiger partial charge in [0.2, 0.25) is 5.91 Å². The smallest absolute Gasteiger partial charge is 0.232 e. The molecule has 1 amide bonds. The van der Waals surface area contributed by atoms with Crippen LogP contribution in [0.4, 0.5) is 0 Å². The van der Waals surface area contributed by atoms with E-state index in [1.165, 1.54) is 0 Å². The highest BCUT2D eigenvalue weighted by Gasteiger charge is 2.48. The molecule has 4 heteroatoms. The minimum atomic E-state index is -0.513. The summed E-state index contributed by atoms with van der Waals surface area (Å²) in [6.07, 6.45) is 1.07. The second kappa shape index (κ2) is 3.70. The number of carbonyl (C=O) groups is 1. The van der Waals surface area contributed by atoms with Gasteiger partial charge in [0.15, 0.2) is 0 Å². The molecule has 0 saturated carbocycles. The molecule has 2 atom stereocenters. The molecule has 2 unspecified atom stereocenters. The van der Waals surface area contributed by atoms with Crippen molar-refractivity contribution in [3.8, 4) is 0 Å². The summed E-state index contributed by atoms with van der Waals surface area (Å²) in [5, 5.41) is 0. The zero-order chi connectivity index (χ0) is 12.0. The van der Waals surface area contributed by atoms with E-state index in [2.05, 4.69) is 13.8 Å². The van der Waals surface area contributed by atoms with Gasteiger partial charge < -0.3 is 15.4 Å². The maximum atomic E-state index is 12.4. The van der Waals surface area contributed by atoms with Crippen molar-refractivity contribution in [2.75, 3.05) is 26.3 Å². The lowest BCUT2D eigenvalue weighted by Gasteiger charge is -2.31. The Morgan fingerprint density at radius 1 is 1.44 bits per heavy atom. The molecule has 16 heavy (non-hydrogen) atoms. The van der Waals surface area contributed by atoms with Crippen LogP contribution in [0.5, 0.6) is 0 Å². The van der Waals surface area contributed by atoms with Crippen LogP contribution in [0.2, 0.25) is 0 Å². The van der Waals surface area contributed by atoms with Crippen molar-refractivity contribution in [3.63, 3.8) is 0 Å². The maximum Gasteiger partial charge on any atom is 0.232 e. The van der Waals surface area contributed by atoms with Crippen LogP contribution in [0.25, 0.3) is 0 Å². The zero-order valence-corrected chi connectivity index (χ0v) is 10.5. The van der Waals surface area contributed by atoms with Crippen molar-refractivity contribution in [1.29, 1.82) is 0 Å². The van der Waals surface area contributed by atoms with Crippen molar-refractivity contribution in [2.45, 2.75) is 33.2 Å². The lowest BCUT2D eigenvalue weighted by Crippen LogP contribution is -2.51. The molecule has 2 heterocycles. The molecule has 2 rings (SSSR count). The summed E-state index contributed by atoms with van der Waals surface area (Å²) < 4.78 is 5.33. The second-order valence-electron chi connectivity index (χ2n) is 6.18. The van der Waals surface area contributed by atoms with Gasteiger partial charge in [-0.3, -0.25) is 4.79 Å². The molecule has 0 radical (unpaired) electrons. The summed E-state index contributed by atoms with van der Waals surface area (Å²) >= 11 is 0. The number of hydrogen-bond acceptors (Lipinski definition) is 3. The number of nitrogens with zero attached hydrogens (tertiary/aromatic N) is 1. The van der Waals surface area contributed by atoms with Crippen molar-refractivity contribution in [2.24, 2.45) is 16.6 Å². The van der Waals surface area contributed by atoms with Gasteiger partial charge in [-0.15, -0.1) is 0 Å². The average Bonchev–Trinajstić information content (AvgIpc) is 2.71. The van der Waals surface area contributed by atoms with Crippen LogP contribution in [0.3, 0.4) is 0 Å². The van der Waals surface area contributed by atoms with Gasteiger partial charge in [-0.25, -0.2) is 0 Å². The Morgan fingerprint density at radius 2 is 2.12 bits per heavy atom. The highest BCUT2D eigenvalue weighted by Crippen LogP contribution is 2.35. The summed E-state index contributed by atoms with van der Waals surface area (Å²) in [6, 6.07) is -0.163. The number of hydrogen-bond donors (Lipinski definition) is 1. The van der Waals surface area contributed by atoms with Gasteiger partial charge in [-0.05, 0) is 18.8 Å². The van der Waals surface area contributed by atoms with Crippen molar-refractivity contribution >= 4 is 5.91 Å². The fraction of sp³-hybridized carbons (Fsp3) is 0.917. The van der Waals surface area contributed by atoms with E-state index in [0.717, 1.165) is 19.5 Å². The van der Waals surface area contributed by atoms with Crippen LogP contribution >= 0.6 is 0 Å². The molecule has 0 aromatic heterocycles. The number of ether oxygens (including phenoxy) is 1. The fourth-order valence-electron chi connectivity index (χ4n) is 2.56. The van der Waals surface area contributed by atoms with Gasteiger partial charge in [0.05, 0.1) is 18.6 Å². The molecule has 4 nitrogen and oxygen atoms in total. The molecule has 0 aromatic carbocycles. The molecule has 2 fully saturated rings. The van der Waals surface area contributed by atoms with E-state index in [-0.39, 0.29) is 17.4 Å². The standard InChI is InChI=1S/C12H22N2O2/c1-11(2)4-5-14(7-11)10(15)12(3)8-16-6-9(12)13/h9H,4-8,13H2,1-3H3. The Morgan fingerprint density at radius 3 is 2.56 bits per heavy atom. The molecule has 0 spiro atoms. The average molecular weight is 226 g/mol. The topological polar surface area (TPSA) is 55.6 Å². The van der Waals surface area contributed by atoms with Gasteiger partial charge in [-0.1, -0.05) is 13.8 Å². The van der Waals surface area contributed by atoms with Crippen molar-refractivity contribution in [3.05, 3.63) is 0 Å². The summed E-state index contributed by atoms with van der Waals surface area (Å²) in [5.41, 5.74) is 5.71. The van der Waals surface area contributed by atoms with E-state index in [9.17, 15) is 4.79 Å². The Kier molecular flexibility index (Phi) is 2.75. The summed E-state index contributed by atoms with van der Waals surface area (Å²) in [4.78, 5) is 14.4. The molecule has 2 N–H and O–H groups in total. The third-order valence-electron chi connectivity index (χ3n) is 3.97. The van der Waals surface area contributed by atoms with Gasteiger partial charge in [0.1, 0.15) is 0 Å². The largest absolute Gasteiger partial charge is 0.379 e. The second-order valence-corrected chi connectivity index (χ2v) is 6.18. The van der Waals surface area contributed by atoms with Gasteiger partial charge in [0, 0.05) is 19.1 Å². The summed E-state index contributed by atoms with van der Waals surface area (Å²) in [7, 11) is 0. The summed E-state index contributed by atoms with van der Waals surface area (Å²) in [6.45, 7) is 8.99. The molecule has 2 saturated heterocycles. The van der Waals surface area contributed by atoms with E-state index >= 15 is 0 Å². The zero-order valence-electron chi connectivity index (χ0n) is 10.5. The third-order valence-corrected chi connectivity index (χ3v) is 3.97. The number of amides is 1. The highest BCUT2D eigenvalue weighted by molar-refractivity contribution is 5.84. The first kappa shape index (κ1) is 11.9. The SMILES string of the molecule is CC1(C)CCN(C(=O)C2(C)COCC2N)C1. The Balaban J connectivity index is 2.08. The van der Waals surface area contributed by atoms with Crippen LogP contribution in [0, 0.1) is 10.8 Å². The third kappa shape index (κ3) is 1.84. The van der Waals surface area contributed by atoms with E-state index in [1.807, 2.05) is 11.8 Å². The number of likely N-dealkylation sites (tertiary alicyclic amines) is 1. The first-order valence-electron chi connectivity index (χ1n) is 5.98. The number of rotatable bonds is 1. The van der Waals surface area contributed by atoms with Gasteiger partial charge in [-0.2, -0.15) is 0 Å². The predicted octanol–water partition coefficient (Wildman–Crippen LogP) is 0.609. The number of nitrogens with two attached hydrogens (primary N) is 1. The van der Waals surface area contributed by atoms with E-state index < -0.39 is 5.41 Å². The lowest BCUT2D eigenvalue weighted by atomic mass is 9.84. The molecule has 92 valence electrons. The van der Waals surface area contributed by atoms with E-state index in [1.54, 1.807) is 0 Å². The lowest BCUT2D eigenvalue weighted by molar-refractivity contribution is -0.141. The summed E-state index contributed by atoms with van der Waals surface area (Å²) in [5.74, 6) is 0.170. The predicted molar refractivity (Wildman–Crippen MR) is 61.9 cm³/mol. The van der Waals surface area contributed by atoms with Gasteiger partial charge >= 0.3 is 0 Å². The maximum absolute atomic E-state index is 12.4. The molecule has 2 aliphatic rings. The van der Waals surface area contributed by atoms with Crippen LogP contribution in [0.15, 0.2) is 0 Å². The van der Waals surface area contributed by atoms with Gasteiger partial charge in [0.25, 0.3) is 0 Å². The van der Waals surface area contributed by atoms with Crippen LogP contribution < -0.4 is 5.73 Å². The Bertz CT molecular complexity index is 303. The molecule has 0 aliphatic carbocycles. The first-order chi connectivity index (χ1) is 7.35. The molecular formula is C12H22N2O2. The minimum Gasteiger partial charge on any atom is -0.379 e. The Hall–Kier alpha value is -0.610. The van der Waals surface area contributed by atoms with Crippen LogP contribution in [-0.2, 0) is 9.53 Å². The van der Waals surface area contributed by atoms with E-state index in [4.69, 9.17) is 10.5 Å². The monoisotopic (exact) mass is 226 g/mol. The van der Waals surface area contributed by atoms with Crippen molar-refractivity contribution in [1.82, 2.24) is 4.90 Å². The normalized spacial score (nSPS) is 38.0.